The molecule has 0 spiro atoms. The summed E-state index contributed by atoms with van der Waals surface area (Å²) in [7, 11) is 1.27. The second-order valence-electron chi connectivity index (χ2n) is 3.91. The van der Waals surface area contributed by atoms with Crippen molar-refractivity contribution < 1.29 is 14.5 Å². The first-order valence-electron chi connectivity index (χ1n) is 5.75. The minimum atomic E-state index is -0.529. The molecule has 1 aromatic carbocycles. The van der Waals surface area contributed by atoms with Crippen LogP contribution in [0.1, 0.15) is 15.2 Å². The van der Waals surface area contributed by atoms with Crippen molar-refractivity contribution in [3.63, 3.8) is 0 Å². The van der Waals surface area contributed by atoms with Crippen molar-refractivity contribution in [2.45, 2.75) is 6.54 Å². The molecule has 0 amide bonds. The van der Waals surface area contributed by atoms with E-state index in [1.54, 1.807) is 11.3 Å². The fourth-order valence-electron chi connectivity index (χ4n) is 1.68. The van der Waals surface area contributed by atoms with Crippen LogP contribution in [0.3, 0.4) is 0 Å². The molecule has 0 bridgehead atoms. The lowest BCUT2D eigenvalue weighted by atomic mass is 10.1. The van der Waals surface area contributed by atoms with Crippen LogP contribution in [0.2, 0.25) is 0 Å². The minimum Gasteiger partial charge on any atom is -0.465 e. The minimum absolute atomic E-state index is 0.0748. The molecule has 6 nitrogen and oxygen atoms in total. The second-order valence-corrected chi connectivity index (χ2v) is 4.95. The summed E-state index contributed by atoms with van der Waals surface area (Å²) in [6.45, 7) is 0.461. The number of methoxy groups -OCH3 is 1. The van der Waals surface area contributed by atoms with Gasteiger partial charge in [-0.05, 0) is 23.6 Å². The van der Waals surface area contributed by atoms with Gasteiger partial charge >= 0.3 is 5.97 Å². The van der Waals surface area contributed by atoms with Gasteiger partial charge in [0.25, 0.3) is 5.69 Å². The van der Waals surface area contributed by atoms with Crippen LogP contribution in [0.25, 0.3) is 0 Å². The maximum atomic E-state index is 11.5. The smallest absolute Gasteiger partial charge is 0.337 e. The van der Waals surface area contributed by atoms with Gasteiger partial charge in [-0.15, -0.1) is 11.3 Å². The molecule has 0 aliphatic carbocycles. The summed E-state index contributed by atoms with van der Waals surface area (Å²) in [4.78, 5) is 23.0. The molecule has 0 saturated carbocycles. The number of ether oxygens (including phenoxy) is 1. The maximum absolute atomic E-state index is 11.5. The Kier molecular flexibility index (Phi) is 4.31. The fraction of sp³-hybridized carbons (Fsp3) is 0.154. The van der Waals surface area contributed by atoms with Crippen LogP contribution >= 0.6 is 11.3 Å². The van der Waals surface area contributed by atoms with Crippen LogP contribution < -0.4 is 5.32 Å². The molecule has 1 heterocycles. The molecule has 2 aromatic rings. The lowest BCUT2D eigenvalue weighted by Gasteiger charge is -2.07. The zero-order valence-corrected chi connectivity index (χ0v) is 11.5. The van der Waals surface area contributed by atoms with Gasteiger partial charge in [-0.3, -0.25) is 10.1 Å². The number of nitro groups is 1. The van der Waals surface area contributed by atoms with Gasteiger partial charge in [0.15, 0.2) is 0 Å². The first-order chi connectivity index (χ1) is 9.61. The van der Waals surface area contributed by atoms with Crippen LogP contribution in [0.15, 0.2) is 35.7 Å². The number of carbonyl (C=O) groups is 1. The molecule has 0 radical (unpaired) electrons. The first kappa shape index (κ1) is 14.0. The lowest BCUT2D eigenvalue weighted by molar-refractivity contribution is -0.384. The normalized spacial score (nSPS) is 10.1. The Hall–Kier alpha value is -2.41. The highest BCUT2D eigenvalue weighted by Crippen LogP contribution is 2.26. The molecule has 1 aromatic heterocycles. The number of anilines is 1. The van der Waals surface area contributed by atoms with Crippen LogP contribution in [-0.4, -0.2) is 18.0 Å². The monoisotopic (exact) mass is 292 g/mol. The van der Waals surface area contributed by atoms with E-state index in [-0.39, 0.29) is 11.3 Å². The summed E-state index contributed by atoms with van der Waals surface area (Å²) in [5.74, 6) is -0.529. The van der Waals surface area contributed by atoms with Gasteiger partial charge in [-0.25, -0.2) is 4.79 Å². The number of benzene rings is 1. The van der Waals surface area contributed by atoms with E-state index in [0.717, 1.165) is 4.88 Å². The lowest BCUT2D eigenvalue weighted by Crippen LogP contribution is -2.06. The molecule has 20 heavy (non-hydrogen) atoms. The zero-order valence-electron chi connectivity index (χ0n) is 10.7. The van der Waals surface area contributed by atoms with Crippen molar-refractivity contribution in [2.75, 3.05) is 12.4 Å². The Morgan fingerprint density at radius 2 is 2.25 bits per heavy atom. The van der Waals surface area contributed by atoms with Gasteiger partial charge in [0.05, 0.1) is 17.6 Å². The molecule has 2 rings (SSSR count). The SMILES string of the molecule is COC(=O)c1ccc([N+](=O)[O-])c(NCc2cccs2)c1. The van der Waals surface area contributed by atoms with E-state index in [4.69, 9.17) is 0 Å². The van der Waals surface area contributed by atoms with Crippen LogP contribution in [-0.2, 0) is 11.3 Å². The number of rotatable bonds is 5. The predicted molar refractivity (Wildman–Crippen MR) is 76.1 cm³/mol. The molecule has 7 heteroatoms. The van der Waals surface area contributed by atoms with Crippen molar-refractivity contribution in [3.8, 4) is 0 Å². The highest BCUT2D eigenvalue weighted by atomic mass is 32.1. The quantitative estimate of drug-likeness (QED) is 0.520. The van der Waals surface area contributed by atoms with Gasteiger partial charge in [0, 0.05) is 17.5 Å². The third kappa shape index (κ3) is 3.12. The number of nitro benzene ring substituents is 1. The number of esters is 1. The molecular formula is C13H12N2O4S. The third-order valence-electron chi connectivity index (χ3n) is 2.65. The molecule has 0 fully saturated rings. The van der Waals surface area contributed by atoms with Crippen molar-refractivity contribution >= 4 is 28.7 Å². The molecule has 0 saturated heterocycles. The Balaban J connectivity index is 2.26. The number of hydrogen-bond acceptors (Lipinski definition) is 6. The van der Waals surface area contributed by atoms with Crippen LogP contribution in [0.4, 0.5) is 11.4 Å². The van der Waals surface area contributed by atoms with Crippen molar-refractivity contribution in [2.24, 2.45) is 0 Å². The Morgan fingerprint density at radius 3 is 2.85 bits per heavy atom. The number of nitrogens with one attached hydrogen (secondary N) is 1. The van der Waals surface area contributed by atoms with Crippen LogP contribution in [0, 0.1) is 10.1 Å². The third-order valence-corrected chi connectivity index (χ3v) is 3.52. The Labute approximate surface area is 119 Å². The first-order valence-corrected chi connectivity index (χ1v) is 6.63. The largest absolute Gasteiger partial charge is 0.465 e. The van der Waals surface area contributed by atoms with E-state index in [0.29, 0.717) is 12.2 Å². The Bertz CT molecular complexity index is 625. The van der Waals surface area contributed by atoms with Gasteiger partial charge in [-0.2, -0.15) is 0 Å². The van der Waals surface area contributed by atoms with E-state index in [1.165, 1.54) is 25.3 Å². The molecule has 104 valence electrons. The molecule has 0 atom stereocenters. The summed E-state index contributed by atoms with van der Waals surface area (Å²) < 4.78 is 4.61. The van der Waals surface area contributed by atoms with Gasteiger partial charge in [-0.1, -0.05) is 6.07 Å². The van der Waals surface area contributed by atoms with E-state index in [2.05, 4.69) is 10.1 Å². The highest BCUT2D eigenvalue weighted by Gasteiger charge is 2.17. The fourth-order valence-corrected chi connectivity index (χ4v) is 2.32. The van der Waals surface area contributed by atoms with Crippen LogP contribution in [0.5, 0.6) is 0 Å². The number of thiophene rings is 1. The maximum Gasteiger partial charge on any atom is 0.337 e. The van der Waals surface area contributed by atoms with Crippen molar-refractivity contribution in [1.29, 1.82) is 0 Å². The van der Waals surface area contributed by atoms with E-state index < -0.39 is 10.9 Å². The summed E-state index contributed by atoms with van der Waals surface area (Å²) in [5.41, 5.74) is 0.493. The average Bonchev–Trinajstić information content (AvgIpc) is 2.97. The van der Waals surface area contributed by atoms with Crippen molar-refractivity contribution in [1.82, 2.24) is 0 Å². The summed E-state index contributed by atoms with van der Waals surface area (Å²) >= 11 is 1.55. The standard InChI is InChI=1S/C13H12N2O4S/c1-19-13(16)9-4-5-12(15(17)18)11(7-9)14-8-10-3-2-6-20-10/h2-7,14H,8H2,1H3. The molecular weight excluding hydrogens is 280 g/mol. The van der Waals surface area contributed by atoms with E-state index in [1.807, 2.05) is 17.5 Å². The van der Waals surface area contributed by atoms with E-state index in [9.17, 15) is 14.9 Å². The summed E-state index contributed by atoms with van der Waals surface area (Å²) in [5, 5.41) is 15.9. The zero-order chi connectivity index (χ0) is 14.5. The molecule has 0 aliphatic rings. The number of nitrogens with zero attached hydrogens (tertiary/aromatic N) is 1. The summed E-state index contributed by atoms with van der Waals surface area (Å²) in [6, 6.07) is 7.93. The average molecular weight is 292 g/mol. The topological polar surface area (TPSA) is 81.5 Å². The Morgan fingerprint density at radius 1 is 1.45 bits per heavy atom. The number of carbonyl (C=O) groups excluding carboxylic acids is 1. The molecule has 0 unspecified atom stereocenters. The molecule has 1 N–H and O–H groups in total. The summed E-state index contributed by atoms with van der Waals surface area (Å²) in [6.07, 6.45) is 0. The van der Waals surface area contributed by atoms with Crippen molar-refractivity contribution in [3.05, 3.63) is 56.3 Å². The van der Waals surface area contributed by atoms with Gasteiger partial charge < -0.3 is 10.1 Å². The van der Waals surface area contributed by atoms with E-state index >= 15 is 0 Å². The van der Waals surface area contributed by atoms with Gasteiger partial charge in [0.2, 0.25) is 0 Å². The predicted octanol–water partition coefficient (Wildman–Crippen LogP) is 3.06. The second kappa shape index (κ2) is 6.16. The highest BCUT2D eigenvalue weighted by molar-refractivity contribution is 7.09. The number of hydrogen-bond donors (Lipinski definition) is 1. The molecule has 0 aliphatic heterocycles. The van der Waals surface area contributed by atoms with Gasteiger partial charge in [0.1, 0.15) is 5.69 Å².